The number of aromatic nitrogens is 2. The third-order valence-corrected chi connectivity index (χ3v) is 12.2. The number of benzene rings is 5. The Balaban J connectivity index is 0.954. The van der Waals surface area contributed by atoms with Gasteiger partial charge >= 0.3 is 12.1 Å². The lowest BCUT2D eigenvalue weighted by molar-refractivity contribution is -0.189. The zero-order valence-corrected chi connectivity index (χ0v) is 37.0. The number of amides is 2. The number of sulfone groups is 1. The summed E-state index contributed by atoms with van der Waals surface area (Å²) < 4.78 is 76.5. The van der Waals surface area contributed by atoms with E-state index in [9.17, 15) is 45.9 Å². The number of nitrogens with zero attached hydrogens (tertiary/aromatic N) is 1. The standard InChI is InChI=1S/C49H41F3N6O9S/c1-28-22-35(25-38-43(28)55-26-39(46(53)61)44(38)56-32-10-7-11-33(24-32)66-2)68(64,65)34-12-6-9-30(23-34)47(62)57-31-15-13-29(14-16-31)8-4-3-5-21-54-27-40(59)36-17-19-41(67-48(63)49(50,51)52)45-37(36)18-20-42(60)58-45/h6-7,9-20,22-26,40,54,59H,3,5,21,27H2,1-2H3,(H2,53,61)(H,55,56)(H,57,62)(H,58,60)/t40-/m0/s1. The minimum Gasteiger partial charge on any atom is -0.497 e. The molecule has 0 saturated heterocycles. The van der Waals surface area contributed by atoms with Crippen LogP contribution in [0.1, 0.15) is 56.4 Å². The van der Waals surface area contributed by atoms with Crippen LogP contribution in [0, 0.1) is 18.8 Å². The number of fused-ring (bicyclic) bond motifs is 2. The van der Waals surface area contributed by atoms with Crippen molar-refractivity contribution in [2.75, 3.05) is 30.8 Å². The van der Waals surface area contributed by atoms with Gasteiger partial charge in [0, 0.05) is 64.6 Å². The molecule has 2 amide bonds. The second kappa shape index (κ2) is 20.2. The molecule has 0 bridgehead atoms. The highest BCUT2D eigenvalue weighted by Gasteiger charge is 2.41. The molecule has 0 unspecified atom stereocenters. The van der Waals surface area contributed by atoms with E-state index in [1.54, 1.807) is 55.5 Å². The molecule has 7 N–H and O–H groups in total. The molecule has 1 atom stereocenters. The first kappa shape index (κ1) is 47.9. The number of H-pyrrole nitrogens is 1. The van der Waals surface area contributed by atoms with E-state index in [0.29, 0.717) is 64.1 Å². The van der Waals surface area contributed by atoms with Crippen molar-refractivity contribution >= 4 is 66.5 Å². The van der Waals surface area contributed by atoms with E-state index in [2.05, 4.69) is 42.5 Å². The van der Waals surface area contributed by atoms with Crippen LogP contribution in [0.5, 0.6) is 11.5 Å². The highest BCUT2D eigenvalue weighted by atomic mass is 32.2. The number of carbonyl (C=O) groups excluding carboxylic acids is 3. The monoisotopic (exact) mass is 946 g/mol. The molecule has 7 aromatic rings. The Morgan fingerprint density at radius 3 is 2.41 bits per heavy atom. The van der Waals surface area contributed by atoms with Gasteiger partial charge in [-0.15, -0.1) is 0 Å². The zero-order valence-electron chi connectivity index (χ0n) is 36.2. The van der Waals surface area contributed by atoms with Crippen LogP contribution in [-0.2, 0) is 14.6 Å². The Labute approximate surface area is 386 Å². The number of pyridine rings is 2. The molecule has 15 nitrogen and oxygen atoms in total. The van der Waals surface area contributed by atoms with Crippen molar-refractivity contribution < 1.29 is 50.6 Å². The number of rotatable bonds is 15. The number of ether oxygens (including phenoxy) is 2. The largest absolute Gasteiger partial charge is 0.497 e. The summed E-state index contributed by atoms with van der Waals surface area (Å²) in [7, 11) is -2.71. The summed E-state index contributed by atoms with van der Waals surface area (Å²) in [6.45, 7) is 2.21. The number of halogens is 3. The molecule has 0 saturated carbocycles. The summed E-state index contributed by atoms with van der Waals surface area (Å²) in [6, 6.07) is 27.0. The minimum absolute atomic E-state index is 0.0428. The number of nitrogens with one attached hydrogen (secondary N) is 4. The quantitative estimate of drug-likeness (QED) is 0.0259. The second-order valence-electron chi connectivity index (χ2n) is 15.2. The van der Waals surface area contributed by atoms with Gasteiger partial charge in [0.15, 0.2) is 5.75 Å². The topological polar surface area (TPSA) is 232 Å². The lowest BCUT2D eigenvalue weighted by Gasteiger charge is -2.16. The molecule has 0 radical (unpaired) electrons. The van der Waals surface area contributed by atoms with Gasteiger partial charge in [-0.05, 0) is 110 Å². The fourth-order valence-electron chi connectivity index (χ4n) is 7.15. The van der Waals surface area contributed by atoms with Crippen molar-refractivity contribution in [1.82, 2.24) is 15.3 Å². The summed E-state index contributed by atoms with van der Waals surface area (Å²) in [5.41, 5.74) is 8.21. The Kier molecular flexibility index (Phi) is 14.2. The molecule has 0 spiro atoms. The van der Waals surface area contributed by atoms with Crippen LogP contribution in [0.2, 0.25) is 0 Å². The molecule has 2 aromatic heterocycles. The summed E-state index contributed by atoms with van der Waals surface area (Å²) in [4.78, 5) is 55.8. The third-order valence-electron chi connectivity index (χ3n) is 10.5. The molecule has 7 rings (SSSR count). The van der Waals surface area contributed by atoms with Crippen molar-refractivity contribution in [3.8, 4) is 23.3 Å². The predicted molar refractivity (Wildman–Crippen MR) is 248 cm³/mol. The average Bonchev–Trinajstić information content (AvgIpc) is 3.31. The van der Waals surface area contributed by atoms with E-state index in [1.807, 2.05) is 0 Å². The highest BCUT2D eigenvalue weighted by molar-refractivity contribution is 7.91. The van der Waals surface area contributed by atoms with Gasteiger partial charge in [-0.25, -0.2) is 13.2 Å². The van der Waals surface area contributed by atoms with E-state index in [1.165, 1.54) is 61.8 Å². The van der Waals surface area contributed by atoms with Crippen LogP contribution in [0.4, 0.5) is 30.2 Å². The number of aliphatic hydroxyl groups excluding tert-OH is 1. The van der Waals surface area contributed by atoms with Crippen molar-refractivity contribution in [2.24, 2.45) is 5.73 Å². The van der Waals surface area contributed by atoms with Crippen LogP contribution in [0.15, 0.2) is 130 Å². The average molecular weight is 947 g/mol. The normalized spacial score (nSPS) is 11.9. The van der Waals surface area contributed by atoms with Crippen molar-refractivity contribution in [2.45, 2.75) is 41.8 Å². The number of nitrogens with two attached hydrogens (primary N) is 1. The number of methoxy groups -OCH3 is 1. The first-order valence-electron chi connectivity index (χ1n) is 20.7. The Hall–Kier alpha value is -8.05. The number of hydrogen-bond donors (Lipinski definition) is 6. The van der Waals surface area contributed by atoms with Gasteiger partial charge in [0.25, 0.3) is 11.8 Å². The maximum Gasteiger partial charge on any atom is 0.491 e. The Morgan fingerprint density at radius 1 is 0.912 bits per heavy atom. The van der Waals surface area contributed by atoms with E-state index >= 15 is 0 Å². The second-order valence-corrected chi connectivity index (χ2v) is 17.2. The van der Waals surface area contributed by atoms with Crippen LogP contribution in [-0.4, -0.2) is 67.7 Å². The van der Waals surface area contributed by atoms with E-state index in [-0.39, 0.29) is 44.1 Å². The summed E-state index contributed by atoms with van der Waals surface area (Å²) in [6.07, 6.45) is -3.96. The number of aryl methyl sites for hydroxylation is 1. The lowest BCUT2D eigenvalue weighted by Crippen LogP contribution is -2.28. The SMILES string of the molecule is COc1cccc(Nc2c(C(N)=O)cnc3c(C)cc(S(=O)(=O)c4cccc(C(=O)Nc5ccc(C#CCCCNC[C@H](O)c6ccc(OC(=O)C(F)(F)F)c7[nH]c(=O)ccc67)cc5)c4)cc23)c1. The molecule has 5 aromatic carbocycles. The number of aromatic amines is 1. The Morgan fingerprint density at radius 2 is 1.68 bits per heavy atom. The third kappa shape index (κ3) is 11.0. The fourth-order valence-corrected chi connectivity index (χ4v) is 8.56. The van der Waals surface area contributed by atoms with Crippen LogP contribution < -0.4 is 36.7 Å². The number of alkyl halides is 3. The van der Waals surface area contributed by atoms with Crippen molar-refractivity contribution in [3.63, 3.8) is 0 Å². The van der Waals surface area contributed by atoms with E-state index in [4.69, 9.17) is 10.5 Å². The van der Waals surface area contributed by atoms with Gasteiger partial charge in [0.1, 0.15) is 5.75 Å². The predicted octanol–water partition coefficient (Wildman–Crippen LogP) is 7.24. The van der Waals surface area contributed by atoms with E-state index in [0.717, 1.165) is 12.1 Å². The highest BCUT2D eigenvalue weighted by Crippen LogP contribution is 2.36. The molecule has 0 fully saturated rings. The number of esters is 1. The zero-order chi connectivity index (χ0) is 48.8. The smallest absolute Gasteiger partial charge is 0.491 e. The number of hydrogen-bond acceptors (Lipinski definition) is 12. The van der Waals surface area contributed by atoms with Gasteiger partial charge in [-0.1, -0.05) is 30.0 Å². The van der Waals surface area contributed by atoms with Gasteiger partial charge in [-0.2, -0.15) is 13.2 Å². The maximum atomic E-state index is 14.2. The van der Waals surface area contributed by atoms with Gasteiger partial charge in [0.2, 0.25) is 15.4 Å². The van der Waals surface area contributed by atoms with Gasteiger partial charge in [-0.3, -0.25) is 19.4 Å². The number of anilines is 3. The number of aliphatic hydroxyl groups is 1. The molecule has 0 aliphatic rings. The van der Waals surface area contributed by atoms with Crippen molar-refractivity contribution in [1.29, 1.82) is 0 Å². The summed E-state index contributed by atoms with van der Waals surface area (Å²) in [5.74, 6) is 2.36. The molecule has 0 aliphatic carbocycles. The first-order chi connectivity index (χ1) is 32.4. The molecular formula is C49H41F3N6O9S. The molecule has 348 valence electrons. The van der Waals surface area contributed by atoms with Crippen molar-refractivity contribution in [3.05, 3.63) is 154 Å². The van der Waals surface area contributed by atoms with Crippen LogP contribution in [0.25, 0.3) is 21.8 Å². The Bertz CT molecular complexity index is 3330. The number of primary amides is 1. The summed E-state index contributed by atoms with van der Waals surface area (Å²) in [5, 5.41) is 20.4. The van der Waals surface area contributed by atoms with Gasteiger partial charge in [0.05, 0.1) is 45.3 Å². The molecule has 68 heavy (non-hydrogen) atoms. The number of carbonyl (C=O) groups is 3. The fraction of sp³-hybridized carbons (Fsp3) is 0.163. The van der Waals surface area contributed by atoms with Crippen LogP contribution in [0.3, 0.4) is 0 Å². The van der Waals surface area contributed by atoms with Crippen LogP contribution >= 0.6 is 0 Å². The minimum atomic E-state index is -5.25. The molecular weight excluding hydrogens is 906 g/mol. The molecule has 0 aliphatic heterocycles. The van der Waals surface area contributed by atoms with E-state index < -0.39 is 51.2 Å². The molecule has 2 heterocycles. The molecule has 19 heteroatoms. The lowest BCUT2D eigenvalue weighted by atomic mass is 10.0. The first-order valence-corrected chi connectivity index (χ1v) is 22.1. The number of unbranched alkanes of at least 4 members (excludes halogenated alkanes) is 1. The maximum absolute atomic E-state index is 14.2. The summed E-state index contributed by atoms with van der Waals surface area (Å²) >= 11 is 0. The van der Waals surface area contributed by atoms with Gasteiger partial charge < -0.3 is 41.2 Å².